The van der Waals surface area contributed by atoms with Gasteiger partial charge in [-0.2, -0.15) is 0 Å². The summed E-state index contributed by atoms with van der Waals surface area (Å²) in [4.78, 5) is 36.5. The van der Waals surface area contributed by atoms with E-state index in [0.717, 1.165) is 55.3 Å². The SMILES string of the molecule is NC(=O)c1ccc(-c2nccc(C3CCCN3C(=O)C3(c4cccc(F)c4)CCCC3)n2)cc1. The predicted octanol–water partition coefficient (Wildman–Crippen LogP) is 4.56. The number of nitrogens with zero attached hydrogens (tertiary/aromatic N) is 3. The zero-order chi connectivity index (χ0) is 23.7. The van der Waals surface area contributed by atoms with E-state index in [4.69, 9.17) is 10.7 Å². The molecule has 1 unspecified atom stereocenters. The highest BCUT2D eigenvalue weighted by Gasteiger charge is 2.47. The van der Waals surface area contributed by atoms with Crippen LogP contribution in [0.3, 0.4) is 0 Å². The molecule has 2 aliphatic rings. The Morgan fingerprint density at radius 3 is 2.50 bits per heavy atom. The third-order valence-electron chi connectivity index (χ3n) is 7.20. The quantitative estimate of drug-likeness (QED) is 0.607. The fourth-order valence-corrected chi connectivity index (χ4v) is 5.46. The lowest BCUT2D eigenvalue weighted by Gasteiger charge is -2.36. The molecule has 7 heteroatoms. The van der Waals surface area contributed by atoms with Crippen LogP contribution < -0.4 is 5.73 Å². The van der Waals surface area contributed by atoms with Gasteiger partial charge in [0, 0.05) is 23.9 Å². The van der Waals surface area contributed by atoms with E-state index < -0.39 is 11.3 Å². The van der Waals surface area contributed by atoms with Crippen molar-refractivity contribution in [2.24, 2.45) is 5.73 Å². The first-order chi connectivity index (χ1) is 16.5. The number of hydrogen-bond acceptors (Lipinski definition) is 4. The van der Waals surface area contributed by atoms with Crippen molar-refractivity contribution in [1.82, 2.24) is 14.9 Å². The van der Waals surface area contributed by atoms with Gasteiger partial charge in [-0.15, -0.1) is 0 Å². The number of amides is 2. The minimum Gasteiger partial charge on any atom is -0.366 e. The Morgan fingerprint density at radius 1 is 1.03 bits per heavy atom. The summed E-state index contributed by atoms with van der Waals surface area (Å²) in [6.45, 7) is 0.660. The van der Waals surface area contributed by atoms with Crippen molar-refractivity contribution in [3.05, 3.63) is 83.4 Å². The number of benzene rings is 2. The molecule has 0 spiro atoms. The van der Waals surface area contributed by atoms with Gasteiger partial charge < -0.3 is 10.6 Å². The van der Waals surface area contributed by atoms with Gasteiger partial charge in [-0.25, -0.2) is 14.4 Å². The molecular weight excluding hydrogens is 431 g/mol. The third-order valence-corrected chi connectivity index (χ3v) is 7.20. The second-order valence-corrected chi connectivity index (χ2v) is 9.20. The van der Waals surface area contributed by atoms with E-state index in [1.54, 1.807) is 36.5 Å². The third kappa shape index (κ3) is 3.95. The van der Waals surface area contributed by atoms with Crippen molar-refractivity contribution in [1.29, 1.82) is 0 Å². The van der Waals surface area contributed by atoms with Crippen LogP contribution in [-0.2, 0) is 10.2 Å². The lowest BCUT2D eigenvalue weighted by molar-refractivity contribution is -0.138. The van der Waals surface area contributed by atoms with Crippen LogP contribution in [0.4, 0.5) is 4.39 Å². The maximum Gasteiger partial charge on any atom is 0.248 e. The molecule has 2 heterocycles. The molecule has 2 aromatic carbocycles. The van der Waals surface area contributed by atoms with Crippen molar-refractivity contribution in [3.63, 3.8) is 0 Å². The van der Waals surface area contributed by atoms with Gasteiger partial charge >= 0.3 is 0 Å². The molecule has 5 rings (SSSR count). The van der Waals surface area contributed by atoms with Gasteiger partial charge in [0.2, 0.25) is 11.8 Å². The van der Waals surface area contributed by atoms with Gasteiger partial charge in [0.1, 0.15) is 5.82 Å². The molecular formula is C27H27FN4O2. The van der Waals surface area contributed by atoms with Crippen molar-refractivity contribution < 1.29 is 14.0 Å². The zero-order valence-corrected chi connectivity index (χ0v) is 18.9. The summed E-state index contributed by atoms with van der Waals surface area (Å²) in [5, 5.41) is 0. The van der Waals surface area contributed by atoms with E-state index in [2.05, 4.69) is 4.98 Å². The molecule has 6 nitrogen and oxygen atoms in total. The largest absolute Gasteiger partial charge is 0.366 e. The first-order valence-corrected chi connectivity index (χ1v) is 11.8. The topological polar surface area (TPSA) is 89.2 Å². The molecule has 1 saturated heterocycles. The van der Waals surface area contributed by atoms with Crippen LogP contribution in [0.1, 0.15) is 66.2 Å². The first-order valence-electron chi connectivity index (χ1n) is 11.8. The molecule has 34 heavy (non-hydrogen) atoms. The van der Waals surface area contributed by atoms with E-state index in [-0.39, 0.29) is 17.8 Å². The summed E-state index contributed by atoms with van der Waals surface area (Å²) >= 11 is 0. The molecule has 1 saturated carbocycles. The predicted molar refractivity (Wildman–Crippen MR) is 126 cm³/mol. The highest BCUT2D eigenvalue weighted by atomic mass is 19.1. The average Bonchev–Trinajstić information content (AvgIpc) is 3.55. The van der Waals surface area contributed by atoms with Gasteiger partial charge in [-0.1, -0.05) is 37.1 Å². The van der Waals surface area contributed by atoms with E-state index in [0.29, 0.717) is 17.9 Å². The van der Waals surface area contributed by atoms with Crippen LogP contribution in [0.15, 0.2) is 60.8 Å². The average molecular weight is 459 g/mol. The number of aromatic nitrogens is 2. The maximum absolute atomic E-state index is 14.1. The number of hydrogen-bond donors (Lipinski definition) is 1. The van der Waals surface area contributed by atoms with E-state index >= 15 is 0 Å². The lowest BCUT2D eigenvalue weighted by atomic mass is 9.77. The van der Waals surface area contributed by atoms with Crippen LogP contribution in [0, 0.1) is 5.82 Å². The molecule has 174 valence electrons. The minimum absolute atomic E-state index is 0.0732. The van der Waals surface area contributed by atoms with Crippen LogP contribution in [0.25, 0.3) is 11.4 Å². The Morgan fingerprint density at radius 2 is 1.79 bits per heavy atom. The van der Waals surface area contributed by atoms with Crippen LogP contribution >= 0.6 is 0 Å². The van der Waals surface area contributed by atoms with Crippen LogP contribution in [-0.4, -0.2) is 33.2 Å². The molecule has 1 aliphatic heterocycles. The fraction of sp³-hybridized carbons (Fsp3) is 0.333. The second-order valence-electron chi connectivity index (χ2n) is 9.20. The van der Waals surface area contributed by atoms with E-state index in [9.17, 15) is 14.0 Å². The van der Waals surface area contributed by atoms with Gasteiger partial charge in [-0.05, 0) is 61.6 Å². The summed E-state index contributed by atoms with van der Waals surface area (Å²) in [7, 11) is 0. The fourth-order valence-electron chi connectivity index (χ4n) is 5.46. The Balaban J connectivity index is 1.45. The molecule has 2 N–H and O–H groups in total. The van der Waals surface area contributed by atoms with Crippen molar-refractivity contribution in [2.45, 2.75) is 50.0 Å². The Labute approximate surface area is 198 Å². The molecule has 1 aliphatic carbocycles. The number of primary amides is 1. The number of carbonyl (C=O) groups excluding carboxylic acids is 2. The van der Waals surface area contributed by atoms with Crippen molar-refractivity contribution >= 4 is 11.8 Å². The maximum atomic E-state index is 14.1. The summed E-state index contributed by atoms with van der Waals surface area (Å²) in [6, 6.07) is 15.1. The molecule has 0 bridgehead atoms. The molecule has 3 aromatic rings. The molecule has 1 atom stereocenters. The van der Waals surface area contributed by atoms with Crippen LogP contribution in [0.2, 0.25) is 0 Å². The van der Waals surface area contributed by atoms with E-state index in [1.165, 1.54) is 12.1 Å². The first kappa shape index (κ1) is 22.2. The summed E-state index contributed by atoms with van der Waals surface area (Å²) in [5.41, 5.74) is 7.43. The standard InChI is InChI=1S/C27H27FN4O2/c28-21-6-3-5-20(17-21)27(13-1-2-14-27)26(34)32-16-4-7-23(32)22-12-15-30-25(31-22)19-10-8-18(9-11-19)24(29)33/h3,5-6,8-12,15,17,23H,1-2,4,7,13-14,16H2,(H2,29,33). The summed E-state index contributed by atoms with van der Waals surface area (Å²) in [6.07, 6.45) is 6.81. The molecule has 0 radical (unpaired) electrons. The van der Waals surface area contributed by atoms with Crippen molar-refractivity contribution in [3.8, 4) is 11.4 Å². The van der Waals surface area contributed by atoms with Gasteiger partial charge in [0.15, 0.2) is 5.82 Å². The summed E-state index contributed by atoms with van der Waals surface area (Å²) in [5.74, 6) is -0.185. The van der Waals surface area contributed by atoms with Gasteiger partial charge in [0.05, 0.1) is 17.2 Å². The number of rotatable bonds is 5. The zero-order valence-electron chi connectivity index (χ0n) is 18.9. The lowest BCUT2D eigenvalue weighted by Crippen LogP contribution is -2.45. The van der Waals surface area contributed by atoms with Gasteiger partial charge in [0.25, 0.3) is 0 Å². The van der Waals surface area contributed by atoms with Crippen molar-refractivity contribution in [2.75, 3.05) is 6.54 Å². The highest BCUT2D eigenvalue weighted by molar-refractivity contribution is 5.93. The number of likely N-dealkylation sites (tertiary alicyclic amines) is 1. The summed E-state index contributed by atoms with van der Waals surface area (Å²) < 4.78 is 14.1. The normalized spacial score (nSPS) is 19.3. The molecule has 2 amide bonds. The Bertz CT molecular complexity index is 1220. The number of carbonyl (C=O) groups is 2. The van der Waals surface area contributed by atoms with E-state index in [1.807, 2.05) is 17.0 Å². The smallest absolute Gasteiger partial charge is 0.248 e. The Kier molecular flexibility index (Phi) is 5.86. The van der Waals surface area contributed by atoms with Crippen LogP contribution in [0.5, 0.6) is 0 Å². The molecule has 1 aromatic heterocycles. The molecule has 2 fully saturated rings. The van der Waals surface area contributed by atoms with Gasteiger partial charge in [-0.3, -0.25) is 9.59 Å². The monoisotopic (exact) mass is 458 g/mol. The number of halogens is 1. The number of nitrogens with two attached hydrogens (primary N) is 1. The highest BCUT2D eigenvalue weighted by Crippen LogP contribution is 2.45. The Hall–Kier alpha value is -3.61. The second kappa shape index (κ2) is 8.97. The minimum atomic E-state index is -0.675.